The van der Waals surface area contributed by atoms with E-state index in [1.165, 1.54) is 0 Å². The molecule has 0 N–H and O–H groups in total. The highest BCUT2D eigenvalue weighted by Crippen LogP contribution is 2.09. The van der Waals surface area contributed by atoms with Crippen LogP contribution in [0, 0.1) is 0 Å². The highest BCUT2D eigenvalue weighted by Gasteiger charge is 2.18. The van der Waals surface area contributed by atoms with Crippen molar-refractivity contribution in [2.24, 2.45) is 0 Å². The summed E-state index contributed by atoms with van der Waals surface area (Å²) in [4.78, 5) is 0. The molecule has 54 valence electrons. The molecular formula is C6H12NOS-. The Morgan fingerprint density at radius 3 is 2.44 bits per heavy atom. The molecule has 1 saturated heterocycles. The molecule has 0 unspecified atom stereocenters. The Kier molecular flexibility index (Phi) is 2.16. The van der Waals surface area contributed by atoms with E-state index in [1.54, 1.807) is 7.11 Å². The average Bonchev–Trinajstić information content (AvgIpc) is 1.61. The topological polar surface area (TPSA) is 12.5 Å². The van der Waals surface area contributed by atoms with Crippen LogP contribution >= 0.6 is 0 Å². The number of hydrogen-bond donors (Lipinski definition) is 0. The molecule has 0 bridgehead atoms. The van der Waals surface area contributed by atoms with Crippen molar-refractivity contribution in [3.63, 3.8) is 0 Å². The van der Waals surface area contributed by atoms with Crippen molar-refractivity contribution in [2.45, 2.75) is 6.10 Å². The van der Waals surface area contributed by atoms with Gasteiger partial charge in [-0.3, -0.25) is 0 Å². The van der Waals surface area contributed by atoms with Gasteiger partial charge in [0.25, 0.3) is 0 Å². The molecule has 0 atom stereocenters. The van der Waals surface area contributed by atoms with Gasteiger partial charge in [-0.05, 0) is 0 Å². The zero-order valence-electron chi connectivity index (χ0n) is 5.67. The predicted octanol–water partition coefficient (Wildman–Crippen LogP) is -0.286. The van der Waals surface area contributed by atoms with Crippen LogP contribution < -0.4 is 0 Å². The second-order valence-corrected chi connectivity index (χ2v) is 3.61. The van der Waals surface area contributed by atoms with Crippen LogP contribution in [0.15, 0.2) is 0 Å². The molecule has 9 heavy (non-hydrogen) atoms. The first-order valence-electron chi connectivity index (χ1n) is 2.85. The molecule has 1 rings (SSSR count). The summed E-state index contributed by atoms with van der Waals surface area (Å²) in [6, 6.07) is 0. The number of rotatable bonds is 2. The largest absolute Gasteiger partial charge is 0.420 e. The Morgan fingerprint density at radius 2 is 2.11 bits per heavy atom. The van der Waals surface area contributed by atoms with E-state index in [2.05, 4.69) is 16.0 Å². The maximum atomic E-state index is 5.07. The fourth-order valence-corrected chi connectivity index (χ4v) is 1.51. The summed E-state index contributed by atoms with van der Waals surface area (Å²) in [7, 11) is 1.70. The molecule has 0 radical (unpaired) electrons. The monoisotopic (exact) mass is 146 g/mol. The van der Waals surface area contributed by atoms with Crippen LogP contribution in [0.2, 0.25) is 0 Å². The maximum Gasteiger partial charge on any atom is 0.0792 e. The Balaban J connectivity index is 2.27. The van der Waals surface area contributed by atoms with Crippen molar-refractivity contribution in [3.8, 4) is 0 Å². The van der Waals surface area contributed by atoms with Crippen LogP contribution in [0.4, 0.5) is 0 Å². The molecule has 0 aromatic rings. The Labute approximate surface area is 58.1 Å². The van der Waals surface area contributed by atoms with Gasteiger partial charge >= 0.3 is 0 Å². The molecule has 0 saturated carbocycles. The van der Waals surface area contributed by atoms with E-state index in [-0.39, 0.29) is 10.3 Å². The van der Waals surface area contributed by atoms with Crippen LogP contribution in [0.1, 0.15) is 0 Å². The second-order valence-electron chi connectivity index (χ2n) is 2.17. The van der Waals surface area contributed by atoms with Crippen molar-refractivity contribution in [2.75, 3.05) is 20.2 Å². The van der Waals surface area contributed by atoms with Gasteiger partial charge in [0, 0.05) is 20.2 Å². The molecule has 1 aliphatic rings. The van der Waals surface area contributed by atoms with Crippen LogP contribution in [-0.4, -0.2) is 42.3 Å². The third-order valence-corrected chi connectivity index (χ3v) is 2.54. The molecule has 1 heterocycles. The quantitative estimate of drug-likeness (QED) is 0.392. The van der Waals surface area contributed by atoms with E-state index in [0.29, 0.717) is 6.10 Å². The first-order valence-corrected chi connectivity index (χ1v) is 4.37. The molecule has 3 heteroatoms. The highest BCUT2D eigenvalue weighted by atomic mass is 32.2. The van der Waals surface area contributed by atoms with Gasteiger partial charge in [0.15, 0.2) is 0 Å². The third-order valence-electron chi connectivity index (χ3n) is 1.51. The van der Waals surface area contributed by atoms with Crippen molar-refractivity contribution >= 4 is 22.0 Å². The van der Waals surface area contributed by atoms with Gasteiger partial charge < -0.3 is 19.3 Å². The zero-order chi connectivity index (χ0) is 6.85. The Morgan fingerprint density at radius 1 is 1.56 bits per heavy atom. The molecule has 1 aliphatic heterocycles. The van der Waals surface area contributed by atoms with Crippen molar-refractivity contribution < 1.29 is 4.74 Å². The Bertz CT molecular complexity index is 150. The summed E-state index contributed by atoms with van der Waals surface area (Å²) >= 11 is 0. The fraction of sp³-hybridized carbons (Fsp3) is 0.667. The normalized spacial score (nSPS) is 22.4. The van der Waals surface area contributed by atoms with Gasteiger partial charge in [-0.2, -0.15) is 0 Å². The van der Waals surface area contributed by atoms with Crippen molar-refractivity contribution in [1.82, 2.24) is 4.31 Å². The number of methoxy groups -OCH3 is 1. The fourth-order valence-electron chi connectivity index (χ4n) is 0.761. The van der Waals surface area contributed by atoms with Crippen molar-refractivity contribution in [1.29, 1.82) is 0 Å². The van der Waals surface area contributed by atoms with Gasteiger partial charge in [0.05, 0.1) is 6.10 Å². The number of ether oxygens (including phenoxy) is 1. The van der Waals surface area contributed by atoms with E-state index < -0.39 is 0 Å². The Hall–Kier alpha value is 0.01000. The van der Waals surface area contributed by atoms with Gasteiger partial charge in [0.2, 0.25) is 0 Å². The lowest BCUT2D eigenvalue weighted by Gasteiger charge is -2.44. The molecule has 0 aromatic carbocycles. The van der Waals surface area contributed by atoms with Crippen LogP contribution in [-0.2, 0) is 15.0 Å². The van der Waals surface area contributed by atoms with Gasteiger partial charge in [0.1, 0.15) is 0 Å². The lowest BCUT2D eigenvalue weighted by Crippen LogP contribution is -2.50. The highest BCUT2D eigenvalue weighted by molar-refractivity contribution is 7.89. The van der Waals surface area contributed by atoms with Gasteiger partial charge in [-0.25, -0.2) is 11.7 Å². The van der Waals surface area contributed by atoms with Crippen LogP contribution in [0.3, 0.4) is 0 Å². The first-order chi connectivity index (χ1) is 4.24. The summed E-state index contributed by atoms with van der Waals surface area (Å²) in [5.41, 5.74) is 0. The van der Waals surface area contributed by atoms with E-state index >= 15 is 0 Å². The third kappa shape index (κ3) is 1.47. The van der Waals surface area contributed by atoms with E-state index in [0.717, 1.165) is 13.1 Å². The first kappa shape index (κ1) is 7.12. The molecule has 0 spiro atoms. The molecule has 1 fully saturated rings. The summed E-state index contributed by atoms with van der Waals surface area (Å²) in [5.74, 6) is 7.63. The number of hydrogen-bond acceptors (Lipinski definition) is 3. The zero-order valence-corrected chi connectivity index (χ0v) is 6.49. The summed E-state index contributed by atoms with van der Waals surface area (Å²) < 4.78 is 7.28. The van der Waals surface area contributed by atoms with Gasteiger partial charge in [-0.15, -0.1) is 0 Å². The minimum Gasteiger partial charge on any atom is -0.420 e. The molecule has 0 aliphatic carbocycles. The van der Waals surface area contributed by atoms with E-state index in [1.807, 2.05) is 0 Å². The lowest BCUT2D eigenvalue weighted by molar-refractivity contribution is 0.0175. The van der Waals surface area contributed by atoms with Crippen molar-refractivity contribution in [3.05, 3.63) is 0 Å². The molecular weight excluding hydrogens is 134 g/mol. The minimum absolute atomic E-state index is 0.0425. The summed E-state index contributed by atoms with van der Waals surface area (Å²) in [6.45, 7) is 2.01. The average molecular weight is 146 g/mol. The standard InChI is InChI=1S/C6H12NOS/c1-8-6-4-7(5-6)9(2)3/h6H,2-5H2,1H3/q-1. The minimum atomic E-state index is -0.0425. The predicted molar refractivity (Wildman–Crippen MR) is 44.0 cm³/mol. The second kappa shape index (κ2) is 2.73. The van der Waals surface area contributed by atoms with Crippen LogP contribution in [0.5, 0.6) is 0 Å². The van der Waals surface area contributed by atoms with E-state index in [4.69, 9.17) is 4.74 Å². The van der Waals surface area contributed by atoms with E-state index in [9.17, 15) is 0 Å². The number of nitrogens with zero attached hydrogens (tertiary/aromatic N) is 1. The van der Waals surface area contributed by atoms with Crippen LogP contribution in [0.25, 0.3) is 0 Å². The van der Waals surface area contributed by atoms with Gasteiger partial charge in [-0.1, -0.05) is 0 Å². The smallest absolute Gasteiger partial charge is 0.0792 e. The molecule has 0 amide bonds. The molecule has 2 nitrogen and oxygen atoms in total. The maximum absolute atomic E-state index is 5.07. The molecule has 0 aromatic heterocycles. The summed E-state index contributed by atoms with van der Waals surface area (Å²) in [6.07, 6.45) is 0.434. The lowest BCUT2D eigenvalue weighted by atomic mass is 10.2. The summed E-state index contributed by atoms with van der Waals surface area (Å²) in [5, 5.41) is 0. The SMILES string of the molecule is C=[S-](=C)N1CC(OC)C1.